The second kappa shape index (κ2) is 8.30. The highest BCUT2D eigenvalue weighted by atomic mass is 16.5. The first kappa shape index (κ1) is 18.3. The Labute approximate surface area is 166 Å². The van der Waals surface area contributed by atoms with Gasteiger partial charge in [0.2, 0.25) is 5.91 Å². The van der Waals surface area contributed by atoms with E-state index in [9.17, 15) is 4.79 Å². The van der Waals surface area contributed by atoms with E-state index >= 15 is 0 Å². The van der Waals surface area contributed by atoms with Crippen LogP contribution in [0.5, 0.6) is 5.75 Å². The Balaban J connectivity index is 1.53. The number of hydrogen-bond acceptors (Lipinski definition) is 2. The second-order valence-electron chi connectivity index (χ2n) is 7.25. The Hall–Kier alpha value is -3.07. The molecule has 0 spiro atoms. The number of benzene rings is 3. The molecule has 3 heteroatoms. The zero-order valence-corrected chi connectivity index (χ0v) is 16.1. The number of para-hydroxylation sites is 1. The largest absolute Gasteiger partial charge is 0.497 e. The van der Waals surface area contributed by atoms with Crippen LogP contribution >= 0.6 is 0 Å². The molecule has 1 aliphatic heterocycles. The zero-order chi connectivity index (χ0) is 19.3. The number of hydrogen-bond donors (Lipinski definition) is 0. The van der Waals surface area contributed by atoms with Gasteiger partial charge in [0.05, 0.1) is 19.1 Å². The molecule has 0 bridgehead atoms. The molecular weight excluding hydrogens is 346 g/mol. The highest BCUT2D eigenvalue weighted by Gasteiger charge is 2.48. The number of anilines is 1. The van der Waals surface area contributed by atoms with Gasteiger partial charge in [0, 0.05) is 5.69 Å². The van der Waals surface area contributed by atoms with Crippen LogP contribution in [-0.4, -0.2) is 13.0 Å². The van der Waals surface area contributed by atoms with Crippen molar-refractivity contribution >= 4 is 11.6 Å². The fourth-order valence-electron chi connectivity index (χ4n) is 4.06. The third-order valence-corrected chi connectivity index (χ3v) is 5.53. The van der Waals surface area contributed by atoms with E-state index in [-0.39, 0.29) is 17.9 Å². The maximum atomic E-state index is 13.0. The lowest BCUT2D eigenvalue weighted by Gasteiger charge is -2.47. The van der Waals surface area contributed by atoms with Gasteiger partial charge in [-0.25, -0.2) is 0 Å². The van der Waals surface area contributed by atoms with Gasteiger partial charge in [0.1, 0.15) is 5.75 Å². The second-order valence-corrected chi connectivity index (χ2v) is 7.25. The van der Waals surface area contributed by atoms with Crippen molar-refractivity contribution in [1.29, 1.82) is 0 Å². The molecule has 2 atom stereocenters. The van der Waals surface area contributed by atoms with E-state index in [0.29, 0.717) is 0 Å². The predicted octanol–water partition coefficient (Wildman–Crippen LogP) is 5.42. The third kappa shape index (κ3) is 3.65. The molecule has 0 saturated carbocycles. The van der Waals surface area contributed by atoms with Crippen LogP contribution < -0.4 is 9.64 Å². The van der Waals surface area contributed by atoms with E-state index in [1.165, 1.54) is 5.56 Å². The van der Waals surface area contributed by atoms with Gasteiger partial charge in [0.15, 0.2) is 0 Å². The highest BCUT2D eigenvalue weighted by Crippen LogP contribution is 2.45. The van der Waals surface area contributed by atoms with Crippen molar-refractivity contribution in [2.45, 2.75) is 25.3 Å². The van der Waals surface area contributed by atoms with Gasteiger partial charge < -0.3 is 9.64 Å². The summed E-state index contributed by atoms with van der Waals surface area (Å²) < 4.78 is 5.29. The first-order valence-corrected chi connectivity index (χ1v) is 9.84. The Morgan fingerprint density at radius 3 is 2.14 bits per heavy atom. The molecule has 3 nitrogen and oxygen atoms in total. The van der Waals surface area contributed by atoms with E-state index < -0.39 is 0 Å². The monoisotopic (exact) mass is 371 g/mol. The molecule has 0 unspecified atom stereocenters. The van der Waals surface area contributed by atoms with Crippen molar-refractivity contribution in [3.05, 3.63) is 96.1 Å². The molecule has 0 N–H and O–H groups in total. The molecular formula is C25H25NO2. The number of aryl methyl sites for hydroxylation is 1. The summed E-state index contributed by atoms with van der Waals surface area (Å²) in [6.07, 6.45) is 2.91. The minimum absolute atomic E-state index is 0.0253. The lowest BCUT2D eigenvalue weighted by atomic mass is 9.78. The minimum Gasteiger partial charge on any atom is -0.497 e. The molecule has 0 aromatic heterocycles. The van der Waals surface area contributed by atoms with Crippen LogP contribution in [0, 0.1) is 5.92 Å². The molecule has 0 aliphatic carbocycles. The Bertz CT molecular complexity index is 906. The summed E-state index contributed by atoms with van der Waals surface area (Å²) in [7, 11) is 1.67. The quantitative estimate of drug-likeness (QED) is 0.519. The Morgan fingerprint density at radius 1 is 0.857 bits per heavy atom. The number of rotatable bonds is 7. The maximum Gasteiger partial charge on any atom is 0.233 e. The molecule has 3 aromatic carbocycles. The summed E-state index contributed by atoms with van der Waals surface area (Å²) in [5, 5.41) is 0. The molecule has 1 aliphatic rings. The maximum absolute atomic E-state index is 13.0. The van der Waals surface area contributed by atoms with E-state index in [4.69, 9.17) is 4.74 Å². The Morgan fingerprint density at radius 2 is 1.50 bits per heavy atom. The van der Waals surface area contributed by atoms with Crippen LogP contribution in [0.1, 0.15) is 30.0 Å². The van der Waals surface area contributed by atoms with E-state index in [2.05, 4.69) is 36.4 Å². The summed E-state index contributed by atoms with van der Waals surface area (Å²) >= 11 is 0. The van der Waals surface area contributed by atoms with Crippen molar-refractivity contribution < 1.29 is 9.53 Å². The normalized spacial score (nSPS) is 18.6. The molecule has 1 amide bonds. The minimum atomic E-state index is 0.0253. The van der Waals surface area contributed by atoms with E-state index in [1.807, 2.05) is 53.4 Å². The lowest BCUT2D eigenvalue weighted by Crippen LogP contribution is -2.55. The smallest absolute Gasteiger partial charge is 0.233 e. The summed E-state index contributed by atoms with van der Waals surface area (Å²) in [5.74, 6) is 1.08. The van der Waals surface area contributed by atoms with Crippen molar-refractivity contribution in [2.24, 2.45) is 5.92 Å². The topological polar surface area (TPSA) is 29.5 Å². The van der Waals surface area contributed by atoms with Crippen LogP contribution in [0.3, 0.4) is 0 Å². The number of ether oxygens (including phenoxy) is 1. The molecule has 4 rings (SSSR count). The molecule has 3 aromatic rings. The van der Waals surface area contributed by atoms with Gasteiger partial charge in [-0.05, 0) is 54.7 Å². The summed E-state index contributed by atoms with van der Waals surface area (Å²) in [4.78, 5) is 15.0. The molecule has 0 radical (unpaired) electrons. The van der Waals surface area contributed by atoms with Crippen molar-refractivity contribution in [3.63, 3.8) is 0 Å². The van der Waals surface area contributed by atoms with E-state index in [0.717, 1.165) is 36.3 Å². The van der Waals surface area contributed by atoms with Crippen LogP contribution in [0.4, 0.5) is 5.69 Å². The molecule has 28 heavy (non-hydrogen) atoms. The number of amides is 1. The molecule has 142 valence electrons. The van der Waals surface area contributed by atoms with Gasteiger partial charge >= 0.3 is 0 Å². The predicted molar refractivity (Wildman–Crippen MR) is 113 cm³/mol. The number of nitrogens with zero attached hydrogens (tertiary/aromatic N) is 1. The van der Waals surface area contributed by atoms with E-state index in [1.54, 1.807) is 7.11 Å². The lowest BCUT2D eigenvalue weighted by molar-refractivity contribution is -0.130. The summed E-state index contributed by atoms with van der Waals surface area (Å²) in [5.41, 5.74) is 3.46. The highest BCUT2D eigenvalue weighted by molar-refractivity contribution is 6.03. The fraction of sp³-hybridized carbons (Fsp3) is 0.240. The van der Waals surface area contributed by atoms with Crippen LogP contribution in [0.15, 0.2) is 84.9 Å². The van der Waals surface area contributed by atoms with Crippen molar-refractivity contribution in [2.75, 3.05) is 12.0 Å². The number of β-lactam (4-membered cyclic amide) rings is 1. The Kier molecular flexibility index (Phi) is 5.43. The zero-order valence-electron chi connectivity index (χ0n) is 16.1. The fourth-order valence-corrected chi connectivity index (χ4v) is 4.06. The van der Waals surface area contributed by atoms with Crippen LogP contribution in [-0.2, 0) is 11.2 Å². The van der Waals surface area contributed by atoms with Gasteiger partial charge in [-0.15, -0.1) is 0 Å². The number of methoxy groups -OCH3 is 1. The molecule has 1 heterocycles. The first-order chi connectivity index (χ1) is 13.8. The SMILES string of the molecule is COc1ccc([C@H]2[C@@H](CCCc3ccccc3)C(=O)N2c2ccccc2)cc1. The molecule has 1 saturated heterocycles. The average Bonchev–Trinajstić information content (AvgIpc) is 2.76. The number of carbonyl (C=O) groups excluding carboxylic acids is 1. The number of carbonyl (C=O) groups is 1. The van der Waals surface area contributed by atoms with Crippen LogP contribution in [0.25, 0.3) is 0 Å². The summed E-state index contributed by atoms with van der Waals surface area (Å²) in [6, 6.07) is 28.6. The van der Waals surface area contributed by atoms with Gasteiger partial charge in [-0.3, -0.25) is 4.79 Å². The first-order valence-electron chi connectivity index (χ1n) is 9.84. The van der Waals surface area contributed by atoms with Crippen LogP contribution in [0.2, 0.25) is 0 Å². The van der Waals surface area contributed by atoms with Gasteiger partial charge in [-0.2, -0.15) is 0 Å². The molecule has 1 fully saturated rings. The van der Waals surface area contributed by atoms with Crippen molar-refractivity contribution in [3.8, 4) is 5.75 Å². The standard InChI is InChI=1S/C25H25NO2/c1-28-22-17-15-20(16-18-22)24-23(14-8-11-19-9-4-2-5-10-19)25(27)26(24)21-12-6-3-7-13-21/h2-7,9-10,12-13,15-18,23-24H,8,11,14H2,1H3/t23-,24+/m1/s1. The van der Waals surface area contributed by atoms with Gasteiger partial charge in [-0.1, -0.05) is 60.7 Å². The van der Waals surface area contributed by atoms with Gasteiger partial charge in [0.25, 0.3) is 0 Å². The summed E-state index contributed by atoms with van der Waals surface area (Å²) in [6.45, 7) is 0. The third-order valence-electron chi connectivity index (χ3n) is 5.53. The van der Waals surface area contributed by atoms with Crippen molar-refractivity contribution in [1.82, 2.24) is 0 Å². The average molecular weight is 371 g/mol.